The fraction of sp³-hybridized carbons (Fsp3) is 0.917. The van der Waals surface area contributed by atoms with Crippen LogP contribution in [0.2, 0.25) is 0 Å². The van der Waals surface area contributed by atoms with Crippen LogP contribution in [0.5, 0.6) is 0 Å². The van der Waals surface area contributed by atoms with Gasteiger partial charge in [0.15, 0.2) is 0 Å². The fourth-order valence-electron chi connectivity index (χ4n) is 1.37. The lowest BCUT2D eigenvalue weighted by Gasteiger charge is -2.34. The van der Waals surface area contributed by atoms with Gasteiger partial charge in [-0.25, -0.2) is 0 Å². The molecule has 0 aromatic heterocycles. The summed E-state index contributed by atoms with van der Waals surface area (Å²) >= 11 is 0. The van der Waals surface area contributed by atoms with Gasteiger partial charge in [-0.05, 0) is 27.2 Å². The lowest BCUT2D eigenvalue weighted by molar-refractivity contribution is -0.154. The van der Waals surface area contributed by atoms with Crippen LogP contribution in [0.1, 0.15) is 34.1 Å². The lowest BCUT2D eigenvalue weighted by Crippen LogP contribution is -2.51. The number of nitrogens with zero attached hydrogens (tertiary/aromatic N) is 1. The Hall–Kier alpha value is -0.610. The van der Waals surface area contributed by atoms with Crippen molar-refractivity contribution in [2.45, 2.75) is 45.8 Å². The first-order valence-corrected chi connectivity index (χ1v) is 5.75. The minimum atomic E-state index is -0.767. The summed E-state index contributed by atoms with van der Waals surface area (Å²) in [5.74, 6) is 0.0152. The smallest absolute Gasteiger partial charge is 0.254 e. The van der Waals surface area contributed by atoms with Crippen molar-refractivity contribution in [1.29, 1.82) is 0 Å². The second-order valence-corrected chi connectivity index (χ2v) is 4.46. The molecule has 0 bridgehead atoms. The number of amides is 1. The van der Waals surface area contributed by atoms with E-state index in [9.17, 15) is 4.79 Å². The molecule has 0 aromatic rings. The van der Waals surface area contributed by atoms with Crippen LogP contribution < -0.4 is 0 Å². The van der Waals surface area contributed by atoms with Gasteiger partial charge in [0.1, 0.15) is 5.60 Å². The Morgan fingerprint density at radius 2 is 1.94 bits per heavy atom. The van der Waals surface area contributed by atoms with Crippen LogP contribution in [0.4, 0.5) is 0 Å². The summed E-state index contributed by atoms with van der Waals surface area (Å²) in [4.78, 5) is 14.1. The maximum atomic E-state index is 12.2. The second kappa shape index (κ2) is 6.86. The zero-order valence-corrected chi connectivity index (χ0v) is 11.4. The molecule has 1 amide bonds. The molecule has 0 fully saturated rings. The Morgan fingerprint density at radius 3 is 2.31 bits per heavy atom. The van der Waals surface area contributed by atoms with Crippen LogP contribution >= 0.6 is 0 Å². The second-order valence-electron chi connectivity index (χ2n) is 4.46. The Balaban J connectivity index is 4.68. The van der Waals surface area contributed by atoms with E-state index in [1.807, 2.05) is 11.8 Å². The third-order valence-corrected chi connectivity index (χ3v) is 2.95. The van der Waals surface area contributed by atoms with Crippen molar-refractivity contribution in [3.63, 3.8) is 0 Å². The molecule has 1 atom stereocenters. The van der Waals surface area contributed by atoms with Gasteiger partial charge in [0.25, 0.3) is 5.91 Å². The zero-order chi connectivity index (χ0) is 12.8. The molecule has 0 rings (SSSR count). The maximum absolute atomic E-state index is 12.2. The third kappa shape index (κ3) is 4.10. The van der Waals surface area contributed by atoms with Crippen molar-refractivity contribution in [2.75, 3.05) is 27.4 Å². The van der Waals surface area contributed by atoms with E-state index in [-0.39, 0.29) is 11.9 Å². The van der Waals surface area contributed by atoms with Gasteiger partial charge >= 0.3 is 0 Å². The van der Waals surface area contributed by atoms with Crippen LogP contribution in [0.25, 0.3) is 0 Å². The van der Waals surface area contributed by atoms with E-state index >= 15 is 0 Å². The Bertz CT molecular complexity index is 216. The molecule has 0 aliphatic rings. The van der Waals surface area contributed by atoms with E-state index in [1.165, 1.54) is 0 Å². The largest absolute Gasteiger partial charge is 0.383 e. The van der Waals surface area contributed by atoms with Crippen LogP contribution in [-0.4, -0.2) is 49.8 Å². The summed E-state index contributed by atoms with van der Waals surface area (Å²) in [6, 6.07) is 0.206. The van der Waals surface area contributed by atoms with Crippen molar-refractivity contribution < 1.29 is 14.3 Å². The first-order valence-electron chi connectivity index (χ1n) is 5.75. The van der Waals surface area contributed by atoms with E-state index in [4.69, 9.17) is 9.47 Å². The van der Waals surface area contributed by atoms with Crippen molar-refractivity contribution in [1.82, 2.24) is 4.90 Å². The number of carbonyl (C=O) groups excluding carboxylic acids is 1. The van der Waals surface area contributed by atoms with Crippen LogP contribution in [-0.2, 0) is 14.3 Å². The molecule has 0 aliphatic heterocycles. The third-order valence-electron chi connectivity index (χ3n) is 2.95. The predicted molar refractivity (Wildman–Crippen MR) is 64.4 cm³/mol. The number of hydrogen-bond acceptors (Lipinski definition) is 3. The van der Waals surface area contributed by atoms with E-state index in [1.54, 1.807) is 28.1 Å². The highest BCUT2D eigenvalue weighted by molar-refractivity contribution is 5.84. The molecule has 0 heterocycles. The van der Waals surface area contributed by atoms with Gasteiger partial charge in [0.2, 0.25) is 0 Å². The van der Waals surface area contributed by atoms with Gasteiger partial charge in [0, 0.05) is 26.8 Å². The molecule has 16 heavy (non-hydrogen) atoms. The normalized spacial score (nSPS) is 13.6. The molecule has 0 spiro atoms. The van der Waals surface area contributed by atoms with Gasteiger partial charge in [0.05, 0.1) is 6.61 Å². The minimum absolute atomic E-state index is 0.0152. The maximum Gasteiger partial charge on any atom is 0.254 e. The van der Waals surface area contributed by atoms with Gasteiger partial charge in [-0.15, -0.1) is 0 Å². The predicted octanol–water partition coefficient (Wildman–Crippen LogP) is 1.68. The molecule has 0 saturated carbocycles. The molecule has 0 N–H and O–H groups in total. The molecule has 4 nitrogen and oxygen atoms in total. The van der Waals surface area contributed by atoms with Gasteiger partial charge in [-0.3, -0.25) is 4.79 Å². The lowest BCUT2D eigenvalue weighted by atomic mass is 10.1. The van der Waals surface area contributed by atoms with Crippen LogP contribution in [0.3, 0.4) is 0 Å². The van der Waals surface area contributed by atoms with Gasteiger partial charge in [-0.1, -0.05) is 6.92 Å². The van der Waals surface area contributed by atoms with Crippen molar-refractivity contribution in [3.8, 4) is 0 Å². The Morgan fingerprint density at radius 1 is 1.38 bits per heavy atom. The highest BCUT2D eigenvalue weighted by atomic mass is 16.5. The summed E-state index contributed by atoms with van der Waals surface area (Å²) in [7, 11) is 3.20. The minimum Gasteiger partial charge on any atom is -0.383 e. The number of methoxy groups -OCH3 is 2. The van der Waals surface area contributed by atoms with E-state index in [0.29, 0.717) is 13.2 Å². The molecule has 1 unspecified atom stereocenters. The Labute approximate surface area is 98.9 Å². The zero-order valence-electron chi connectivity index (χ0n) is 11.4. The number of hydrogen-bond donors (Lipinski definition) is 0. The number of rotatable bonds is 7. The summed E-state index contributed by atoms with van der Waals surface area (Å²) in [5, 5.41) is 0. The molecule has 96 valence electrons. The molecular formula is C12H25NO3. The highest BCUT2D eigenvalue weighted by Crippen LogP contribution is 2.15. The standard InChI is InChI=1S/C12H25NO3/c1-7-10(2)13(8-9-15-5)11(14)12(3,4)16-6/h10H,7-9H2,1-6H3. The highest BCUT2D eigenvalue weighted by Gasteiger charge is 2.33. The molecule has 0 radical (unpaired) electrons. The molecule has 0 saturated heterocycles. The average Bonchev–Trinajstić information content (AvgIpc) is 2.28. The molecule has 0 aliphatic carbocycles. The van der Waals surface area contributed by atoms with E-state index < -0.39 is 5.60 Å². The van der Waals surface area contributed by atoms with Gasteiger partial charge < -0.3 is 14.4 Å². The van der Waals surface area contributed by atoms with Crippen LogP contribution in [0.15, 0.2) is 0 Å². The van der Waals surface area contributed by atoms with Crippen LogP contribution in [0, 0.1) is 0 Å². The van der Waals surface area contributed by atoms with Gasteiger partial charge in [-0.2, -0.15) is 0 Å². The van der Waals surface area contributed by atoms with E-state index in [0.717, 1.165) is 6.42 Å². The monoisotopic (exact) mass is 231 g/mol. The summed E-state index contributed by atoms with van der Waals surface area (Å²) in [6.45, 7) is 8.85. The van der Waals surface area contributed by atoms with E-state index in [2.05, 4.69) is 6.92 Å². The Kier molecular flexibility index (Phi) is 6.60. The summed E-state index contributed by atoms with van der Waals surface area (Å²) in [6.07, 6.45) is 0.926. The number of carbonyl (C=O) groups is 1. The van der Waals surface area contributed by atoms with Crippen molar-refractivity contribution in [2.24, 2.45) is 0 Å². The molecular weight excluding hydrogens is 206 g/mol. The summed E-state index contributed by atoms with van der Waals surface area (Å²) in [5.41, 5.74) is -0.767. The summed E-state index contributed by atoms with van der Waals surface area (Å²) < 4.78 is 10.3. The average molecular weight is 231 g/mol. The molecule has 4 heteroatoms. The van der Waals surface area contributed by atoms with Crippen molar-refractivity contribution in [3.05, 3.63) is 0 Å². The topological polar surface area (TPSA) is 38.8 Å². The first kappa shape index (κ1) is 15.4. The quantitative estimate of drug-likeness (QED) is 0.669. The van der Waals surface area contributed by atoms with Crippen molar-refractivity contribution >= 4 is 5.91 Å². The SMILES string of the molecule is CCC(C)N(CCOC)C(=O)C(C)(C)OC. The number of ether oxygens (including phenoxy) is 2. The molecule has 0 aromatic carbocycles. The first-order chi connectivity index (χ1) is 7.40. The fourth-order valence-corrected chi connectivity index (χ4v) is 1.37.